The van der Waals surface area contributed by atoms with Crippen molar-refractivity contribution in [2.24, 2.45) is 0 Å². The summed E-state index contributed by atoms with van der Waals surface area (Å²) in [6.45, 7) is 5.07. The molecule has 334 valence electrons. The minimum absolute atomic E-state index is 0.106. The minimum Gasteiger partial charge on any atom is -0.491 e. The summed E-state index contributed by atoms with van der Waals surface area (Å²) in [4.78, 5) is 27.7. The maximum absolute atomic E-state index is 12.7. The van der Waals surface area contributed by atoms with Gasteiger partial charge < -0.3 is 27.8 Å². The molecule has 0 aliphatic heterocycles. The molecule has 66 heavy (non-hydrogen) atoms. The molecule has 5 aromatic carbocycles. The Kier molecular flexibility index (Phi) is 14.1. The van der Waals surface area contributed by atoms with Crippen LogP contribution in [0.3, 0.4) is 0 Å². The van der Waals surface area contributed by atoms with E-state index in [-0.39, 0.29) is 10.9 Å². The molecule has 9 rings (SSSR count). The van der Waals surface area contributed by atoms with E-state index in [2.05, 4.69) is 37.7 Å². The zero-order valence-corrected chi connectivity index (χ0v) is 36.1. The van der Waals surface area contributed by atoms with Crippen molar-refractivity contribution in [3.8, 4) is 34.1 Å². The summed E-state index contributed by atoms with van der Waals surface area (Å²) in [5.74, 6) is 2.19. The van der Waals surface area contributed by atoms with Crippen LogP contribution in [0, 0.1) is 0 Å². The molecule has 15 nitrogen and oxygen atoms in total. The third kappa shape index (κ3) is 11.5. The molecule has 4 aromatic heterocycles. The van der Waals surface area contributed by atoms with Crippen LogP contribution in [-0.4, -0.2) is 74.5 Å². The lowest BCUT2D eigenvalue weighted by atomic mass is 10.1. The second-order valence-electron chi connectivity index (χ2n) is 15.5. The van der Waals surface area contributed by atoms with Crippen LogP contribution in [0.2, 0.25) is 0 Å². The highest BCUT2D eigenvalue weighted by Crippen LogP contribution is 2.26. The quantitative estimate of drug-likeness (QED) is 0.0607. The Balaban J connectivity index is 0.709. The van der Waals surface area contributed by atoms with E-state index in [0.717, 1.165) is 22.5 Å². The zero-order chi connectivity index (χ0) is 44.9. The number of hydrogen-bond donors (Lipinski definition) is 0. The van der Waals surface area contributed by atoms with E-state index >= 15 is 0 Å². The van der Waals surface area contributed by atoms with Crippen LogP contribution in [0.4, 0.5) is 0 Å². The number of hydrogen-bond acceptors (Lipinski definition) is 13. The molecule has 0 unspecified atom stereocenters. The third-order valence-electron chi connectivity index (χ3n) is 10.6. The highest BCUT2D eigenvalue weighted by molar-refractivity contribution is 5.81. The monoisotopic (exact) mass is 885 g/mol. The Hall–Kier alpha value is -7.72. The average molecular weight is 886 g/mol. The number of benzene rings is 5. The molecule has 0 aliphatic rings. The topological polar surface area (TPSA) is 162 Å². The maximum atomic E-state index is 12.7. The van der Waals surface area contributed by atoms with Gasteiger partial charge in [0.1, 0.15) is 47.4 Å². The molecule has 0 aliphatic carbocycles. The first kappa shape index (κ1) is 43.5. The van der Waals surface area contributed by atoms with Crippen LogP contribution in [0.5, 0.6) is 11.5 Å². The Labute approximate surface area is 379 Å². The number of ether oxygens (including phenoxy) is 4. The summed E-state index contributed by atoms with van der Waals surface area (Å²) in [5, 5.41) is 18.6. The molecule has 4 heterocycles. The van der Waals surface area contributed by atoms with Crippen molar-refractivity contribution < 1.29 is 27.8 Å². The minimum atomic E-state index is -0.106. The van der Waals surface area contributed by atoms with E-state index in [1.165, 1.54) is 17.7 Å². The first-order chi connectivity index (χ1) is 32.5. The molecule has 0 atom stereocenters. The predicted molar refractivity (Wildman–Crippen MR) is 248 cm³/mol. The lowest BCUT2D eigenvalue weighted by Crippen LogP contribution is -2.23. The third-order valence-corrected chi connectivity index (χ3v) is 10.6. The van der Waals surface area contributed by atoms with Gasteiger partial charge in [0.2, 0.25) is 0 Å². The first-order valence-electron chi connectivity index (χ1n) is 21.7. The molecule has 0 spiro atoms. The number of fused-ring (bicyclic) bond motifs is 2. The molecule has 9 aromatic rings. The van der Waals surface area contributed by atoms with Crippen LogP contribution in [0.25, 0.3) is 44.6 Å². The number of nitrogens with zero attached hydrogens (tertiary/aromatic N) is 7. The molecule has 0 radical (unpaired) electrons. The predicted octanol–water partition coefficient (Wildman–Crippen LogP) is 7.81. The highest BCUT2D eigenvalue weighted by atomic mass is 16.5. The standard InChI is InChI=1S/C51H47N7O8/c59-46-30-48(38-12-6-2-7-13-38)65-50-28-42(16-18-44(46)50)63-26-24-61-22-20-57-35-40(52-54-57)33-56(32-37-10-4-1-5-11-37)34-41-36-58(55-53-41)21-23-62-25-27-64-43-17-19-45-47(60)31-49(66-51(45)29-43)39-14-8-3-9-15-39/h1-19,28-31,35-36H,20-27,32-34H2. The zero-order valence-electron chi connectivity index (χ0n) is 36.1. The molecule has 0 amide bonds. The molecule has 0 saturated heterocycles. The van der Waals surface area contributed by atoms with E-state index < -0.39 is 0 Å². The fourth-order valence-electron chi connectivity index (χ4n) is 7.40. The van der Waals surface area contributed by atoms with E-state index in [0.29, 0.717) is 117 Å². The molecule has 0 fully saturated rings. The first-order valence-corrected chi connectivity index (χ1v) is 21.7. The molecule has 15 heteroatoms. The van der Waals surface area contributed by atoms with Crippen LogP contribution in [0.1, 0.15) is 17.0 Å². The van der Waals surface area contributed by atoms with Gasteiger partial charge in [0.15, 0.2) is 10.9 Å². The van der Waals surface area contributed by atoms with Gasteiger partial charge in [-0.3, -0.25) is 14.5 Å². The second kappa shape index (κ2) is 21.3. The van der Waals surface area contributed by atoms with Gasteiger partial charge >= 0.3 is 0 Å². The fraction of sp³-hybridized carbons (Fsp3) is 0.216. The van der Waals surface area contributed by atoms with Crippen molar-refractivity contribution in [2.75, 3.05) is 39.6 Å². The Morgan fingerprint density at radius 3 is 1.41 bits per heavy atom. The summed E-state index contributed by atoms with van der Waals surface area (Å²) in [7, 11) is 0. The molecular weight excluding hydrogens is 839 g/mol. The normalized spacial score (nSPS) is 11.5. The number of aromatic nitrogens is 6. The van der Waals surface area contributed by atoms with E-state index in [4.69, 9.17) is 27.8 Å². The van der Waals surface area contributed by atoms with Crippen LogP contribution >= 0.6 is 0 Å². The summed E-state index contributed by atoms with van der Waals surface area (Å²) in [6.07, 6.45) is 3.86. The van der Waals surface area contributed by atoms with Gasteiger partial charge in [-0.25, -0.2) is 9.36 Å². The van der Waals surface area contributed by atoms with Crippen molar-refractivity contribution in [3.63, 3.8) is 0 Å². The Bertz CT molecular complexity index is 2910. The Morgan fingerprint density at radius 2 is 0.939 bits per heavy atom. The summed E-state index contributed by atoms with van der Waals surface area (Å²) in [6, 6.07) is 42.8. The van der Waals surface area contributed by atoms with Gasteiger partial charge in [0.25, 0.3) is 0 Å². The van der Waals surface area contributed by atoms with E-state index in [1.54, 1.807) is 45.8 Å². The van der Waals surface area contributed by atoms with Crippen LogP contribution in [-0.2, 0) is 42.2 Å². The van der Waals surface area contributed by atoms with Gasteiger partial charge in [-0.2, -0.15) is 0 Å². The lowest BCUT2D eigenvalue weighted by molar-refractivity contribution is 0.0923. The van der Waals surface area contributed by atoms with Crippen molar-refractivity contribution in [1.29, 1.82) is 0 Å². The Morgan fingerprint density at radius 1 is 0.485 bits per heavy atom. The number of rotatable bonds is 22. The molecule has 0 saturated carbocycles. The summed E-state index contributed by atoms with van der Waals surface area (Å²) < 4.78 is 39.2. The fourth-order valence-corrected chi connectivity index (χ4v) is 7.40. The smallest absolute Gasteiger partial charge is 0.193 e. The van der Waals surface area contributed by atoms with Crippen molar-refractivity contribution in [2.45, 2.75) is 32.7 Å². The van der Waals surface area contributed by atoms with Gasteiger partial charge in [-0.05, 0) is 29.8 Å². The van der Waals surface area contributed by atoms with E-state index in [9.17, 15) is 9.59 Å². The summed E-state index contributed by atoms with van der Waals surface area (Å²) >= 11 is 0. The molecular formula is C51H47N7O8. The van der Waals surface area contributed by atoms with Gasteiger partial charge in [-0.1, -0.05) is 101 Å². The second-order valence-corrected chi connectivity index (χ2v) is 15.5. The average Bonchev–Trinajstić information content (AvgIpc) is 4.00. The van der Waals surface area contributed by atoms with Gasteiger partial charge in [0, 0.05) is 67.4 Å². The van der Waals surface area contributed by atoms with Crippen molar-refractivity contribution >= 4 is 21.9 Å². The summed E-state index contributed by atoms with van der Waals surface area (Å²) in [5.41, 5.74) is 5.19. The van der Waals surface area contributed by atoms with Crippen LogP contribution in [0.15, 0.2) is 170 Å². The van der Waals surface area contributed by atoms with Gasteiger partial charge in [-0.15, -0.1) is 10.2 Å². The van der Waals surface area contributed by atoms with Crippen molar-refractivity contribution in [3.05, 3.63) is 189 Å². The van der Waals surface area contributed by atoms with Crippen molar-refractivity contribution in [1.82, 2.24) is 34.9 Å². The van der Waals surface area contributed by atoms with Gasteiger partial charge in [0.05, 0.1) is 61.7 Å². The lowest BCUT2D eigenvalue weighted by Gasteiger charge is -2.20. The largest absolute Gasteiger partial charge is 0.491 e. The maximum Gasteiger partial charge on any atom is 0.193 e. The van der Waals surface area contributed by atoms with Crippen LogP contribution < -0.4 is 20.3 Å². The molecule has 0 bridgehead atoms. The van der Waals surface area contributed by atoms with E-state index in [1.807, 2.05) is 91.3 Å². The SMILES string of the molecule is O=c1cc(-c2ccccc2)oc2cc(OCCOCCn3cc(CN(Cc4ccccc4)Cc4cn(CCOCCOc5ccc6c(=O)cc(-c7ccccc7)oc6c5)nn4)nn3)ccc12. The molecule has 0 N–H and O–H groups in total. The highest BCUT2D eigenvalue weighted by Gasteiger charge is 2.15.